The Morgan fingerprint density at radius 3 is 2.60 bits per heavy atom. The van der Waals surface area contributed by atoms with E-state index < -0.39 is 41.0 Å². The minimum atomic E-state index is -2.95. The van der Waals surface area contributed by atoms with Crippen LogP contribution in [-0.4, -0.2) is 51.4 Å². The number of hydrogen-bond acceptors (Lipinski definition) is 4. The first-order valence-electron chi connectivity index (χ1n) is 7.42. The van der Waals surface area contributed by atoms with Crippen LogP contribution in [-0.2, 0) is 20.8 Å². The van der Waals surface area contributed by atoms with Gasteiger partial charge in [0.2, 0.25) is 5.91 Å². The van der Waals surface area contributed by atoms with Gasteiger partial charge in [0, 0.05) is 11.3 Å². The average Bonchev–Trinajstić information content (AvgIpc) is 2.58. The van der Waals surface area contributed by atoms with Gasteiger partial charge in [0.15, 0.2) is 0 Å². The number of thioether (sulfide) groups is 1. The summed E-state index contributed by atoms with van der Waals surface area (Å²) in [6.07, 6.45) is -2.87. The third-order valence-corrected chi connectivity index (χ3v) is 5.29. The molecule has 1 unspecified atom stereocenters. The van der Waals surface area contributed by atoms with Crippen molar-refractivity contribution in [3.63, 3.8) is 0 Å². The molecule has 2 aliphatic rings. The van der Waals surface area contributed by atoms with Gasteiger partial charge in [0.25, 0.3) is 12.3 Å². The van der Waals surface area contributed by atoms with Crippen LogP contribution in [0.5, 0.6) is 0 Å². The Morgan fingerprint density at radius 2 is 2.00 bits per heavy atom. The lowest BCUT2D eigenvalue weighted by molar-refractivity contribution is -0.150. The van der Waals surface area contributed by atoms with Crippen molar-refractivity contribution in [1.29, 1.82) is 0 Å². The van der Waals surface area contributed by atoms with Crippen LogP contribution in [0.1, 0.15) is 5.56 Å². The normalized spacial score (nSPS) is 22.5. The van der Waals surface area contributed by atoms with E-state index in [0.29, 0.717) is 0 Å². The van der Waals surface area contributed by atoms with Crippen molar-refractivity contribution in [1.82, 2.24) is 10.2 Å². The van der Waals surface area contributed by atoms with Crippen molar-refractivity contribution in [3.05, 3.63) is 47.2 Å². The van der Waals surface area contributed by atoms with Gasteiger partial charge in [0.05, 0.1) is 6.42 Å². The highest BCUT2D eigenvalue weighted by molar-refractivity contribution is 8.00. The number of aliphatic carboxylic acids is 1. The monoisotopic (exact) mass is 368 g/mol. The zero-order valence-electron chi connectivity index (χ0n) is 12.8. The third kappa shape index (κ3) is 3.23. The number of benzene rings is 1. The summed E-state index contributed by atoms with van der Waals surface area (Å²) in [7, 11) is 0. The Balaban J connectivity index is 1.71. The Bertz CT molecular complexity index is 754. The molecule has 6 nitrogen and oxygen atoms in total. The number of carbonyl (C=O) groups is 3. The van der Waals surface area contributed by atoms with Gasteiger partial charge < -0.3 is 10.4 Å². The smallest absolute Gasteiger partial charge is 0.352 e. The molecule has 1 aromatic carbocycles. The van der Waals surface area contributed by atoms with Gasteiger partial charge in [-0.3, -0.25) is 14.5 Å². The molecule has 0 aromatic heterocycles. The summed E-state index contributed by atoms with van der Waals surface area (Å²) in [5, 5.41) is 11.1. The molecule has 25 heavy (non-hydrogen) atoms. The zero-order chi connectivity index (χ0) is 18.1. The topological polar surface area (TPSA) is 86.7 Å². The Labute approximate surface area is 145 Å². The van der Waals surface area contributed by atoms with Crippen LogP contribution in [0.4, 0.5) is 8.78 Å². The molecule has 2 aliphatic heterocycles. The van der Waals surface area contributed by atoms with E-state index in [1.54, 1.807) is 24.3 Å². The first-order valence-corrected chi connectivity index (χ1v) is 8.47. The number of nitrogens with one attached hydrogen (secondary N) is 1. The molecule has 0 spiro atoms. The standard InChI is InChI=1S/C16H14F2N2O4S/c17-13(18)9-7-25-15-11(14(22)20(15)12(9)16(23)24)19-10(21)6-8-4-2-1-3-5-8/h1-5,11,13,15H,6-7H2,(H,19,21)(H,23,24)/t11?,15-/m0/s1. The molecule has 2 N–H and O–H groups in total. The van der Waals surface area contributed by atoms with E-state index in [0.717, 1.165) is 22.2 Å². The fourth-order valence-electron chi connectivity index (χ4n) is 2.82. The van der Waals surface area contributed by atoms with E-state index in [9.17, 15) is 28.3 Å². The number of fused-ring (bicyclic) bond motifs is 1. The molecule has 1 saturated heterocycles. The molecular formula is C16H14F2N2O4S. The maximum absolute atomic E-state index is 13.0. The van der Waals surface area contributed by atoms with Crippen LogP contribution in [0.25, 0.3) is 0 Å². The molecule has 0 bridgehead atoms. The number of rotatable bonds is 5. The number of amides is 2. The van der Waals surface area contributed by atoms with Gasteiger partial charge in [-0.2, -0.15) is 0 Å². The first kappa shape index (κ1) is 17.4. The van der Waals surface area contributed by atoms with Crippen LogP contribution in [0, 0.1) is 0 Å². The highest BCUT2D eigenvalue weighted by Crippen LogP contribution is 2.41. The van der Waals surface area contributed by atoms with E-state index in [2.05, 4.69) is 5.32 Å². The summed E-state index contributed by atoms with van der Waals surface area (Å²) in [5.41, 5.74) is -0.473. The van der Waals surface area contributed by atoms with Gasteiger partial charge in [-0.15, -0.1) is 11.8 Å². The molecule has 9 heteroatoms. The number of alkyl halides is 2. The van der Waals surface area contributed by atoms with Crippen molar-refractivity contribution in [2.75, 3.05) is 5.75 Å². The molecule has 0 saturated carbocycles. The summed E-state index contributed by atoms with van der Waals surface area (Å²) < 4.78 is 26.0. The number of carboxylic acids is 1. The summed E-state index contributed by atoms with van der Waals surface area (Å²) >= 11 is 1.02. The Kier molecular flexibility index (Phi) is 4.76. The minimum Gasteiger partial charge on any atom is -0.477 e. The third-order valence-electron chi connectivity index (χ3n) is 3.99. The predicted octanol–water partition coefficient (Wildman–Crippen LogP) is 1.23. The van der Waals surface area contributed by atoms with Crippen LogP contribution in [0.2, 0.25) is 0 Å². The molecule has 3 rings (SSSR count). The molecular weight excluding hydrogens is 354 g/mol. The lowest BCUT2D eigenvalue weighted by Crippen LogP contribution is -2.70. The van der Waals surface area contributed by atoms with Crippen molar-refractivity contribution >= 4 is 29.5 Å². The average molecular weight is 368 g/mol. The van der Waals surface area contributed by atoms with E-state index in [4.69, 9.17) is 0 Å². The highest BCUT2D eigenvalue weighted by atomic mass is 32.2. The van der Waals surface area contributed by atoms with Gasteiger partial charge in [0.1, 0.15) is 17.1 Å². The number of β-lactam (4-membered cyclic amide) rings is 1. The molecule has 1 fully saturated rings. The zero-order valence-corrected chi connectivity index (χ0v) is 13.6. The van der Waals surface area contributed by atoms with Crippen molar-refractivity contribution in [2.24, 2.45) is 0 Å². The summed E-state index contributed by atoms with van der Waals surface area (Å²) in [6, 6.07) is 8.01. The second-order valence-electron chi connectivity index (χ2n) is 5.60. The van der Waals surface area contributed by atoms with E-state index in [1.165, 1.54) is 0 Å². The summed E-state index contributed by atoms with van der Waals surface area (Å²) in [5.74, 6) is -2.83. The molecule has 0 radical (unpaired) electrons. The lowest BCUT2D eigenvalue weighted by atomic mass is 10.0. The molecule has 1 aromatic rings. The fourth-order valence-corrected chi connectivity index (χ4v) is 4.16. The van der Waals surface area contributed by atoms with Gasteiger partial charge in [-0.25, -0.2) is 13.6 Å². The summed E-state index contributed by atoms with van der Waals surface area (Å²) in [6.45, 7) is 0. The van der Waals surface area contributed by atoms with Crippen LogP contribution in [0.3, 0.4) is 0 Å². The molecule has 2 atom stereocenters. The van der Waals surface area contributed by atoms with Crippen molar-refractivity contribution in [3.8, 4) is 0 Å². The quantitative estimate of drug-likeness (QED) is 0.764. The maximum Gasteiger partial charge on any atom is 0.352 e. The lowest BCUT2D eigenvalue weighted by Gasteiger charge is -2.49. The van der Waals surface area contributed by atoms with Gasteiger partial charge in [-0.05, 0) is 5.56 Å². The molecule has 0 aliphatic carbocycles. The molecule has 2 amide bonds. The first-order chi connectivity index (χ1) is 11.9. The van der Waals surface area contributed by atoms with Crippen molar-refractivity contribution < 1.29 is 28.3 Å². The fraction of sp³-hybridized carbons (Fsp3) is 0.312. The number of halogens is 2. The molecule has 2 heterocycles. The second-order valence-corrected chi connectivity index (χ2v) is 6.70. The minimum absolute atomic E-state index is 0.0753. The van der Waals surface area contributed by atoms with Crippen LogP contribution in [0.15, 0.2) is 41.6 Å². The number of carbonyl (C=O) groups excluding carboxylic acids is 2. The highest BCUT2D eigenvalue weighted by Gasteiger charge is 2.54. The van der Waals surface area contributed by atoms with E-state index in [-0.39, 0.29) is 18.1 Å². The van der Waals surface area contributed by atoms with Crippen LogP contribution < -0.4 is 5.32 Å². The van der Waals surface area contributed by atoms with Crippen molar-refractivity contribution in [2.45, 2.75) is 24.3 Å². The number of carboxylic acid groups (broad SMARTS) is 1. The second kappa shape index (κ2) is 6.83. The predicted molar refractivity (Wildman–Crippen MR) is 85.8 cm³/mol. The van der Waals surface area contributed by atoms with Gasteiger partial charge in [-0.1, -0.05) is 30.3 Å². The molecule has 132 valence electrons. The number of nitrogens with zero attached hydrogens (tertiary/aromatic N) is 1. The van der Waals surface area contributed by atoms with Gasteiger partial charge >= 0.3 is 5.97 Å². The largest absolute Gasteiger partial charge is 0.477 e. The van der Waals surface area contributed by atoms with Crippen LogP contribution >= 0.6 is 11.8 Å². The number of hydrogen-bond donors (Lipinski definition) is 2. The Hall–Kier alpha value is -2.42. The summed E-state index contributed by atoms with van der Waals surface area (Å²) in [4.78, 5) is 36.4. The SMILES string of the molecule is O=C(Cc1ccccc1)NC1C(=O)N2C(C(=O)O)=C(C(F)F)CS[C@@H]12. The van der Waals surface area contributed by atoms with E-state index in [1.807, 2.05) is 6.07 Å². The maximum atomic E-state index is 13.0. The Morgan fingerprint density at radius 1 is 1.32 bits per heavy atom. The van der Waals surface area contributed by atoms with E-state index >= 15 is 0 Å².